The number of hydrogen-bond acceptors (Lipinski definition) is 2. The first-order valence-corrected chi connectivity index (χ1v) is 5.00. The molecule has 0 aliphatic rings. The van der Waals surface area contributed by atoms with Crippen molar-refractivity contribution in [3.63, 3.8) is 0 Å². The third-order valence-electron chi connectivity index (χ3n) is 2.41. The highest BCUT2D eigenvalue weighted by molar-refractivity contribution is 5.92. The van der Waals surface area contributed by atoms with Gasteiger partial charge >= 0.3 is 5.97 Å². The molecule has 0 radical (unpaired) electrons. The Balaban J connectivity index is 3.56. The molecule has 0 heterocycles. The maximum atomic E-state index is 11.0. The molecule has 2 N–H and O–H groups in total. The van der Waals surface area contributed by atoms with Gasteiger partial charge in [0.05, 0.1) is 0 Å². The summed E-state index contributed by atoms with van der Waals surface area (Å²) in [6.45, 7) is 9.36. The van der Waals surface area contributed by atoms with E-state index in [1.54, 1.807) is 12.1 Å². The first kappa shape index (κ1) is 12.3. The van der Waals surface area contributed by atoms with Gasteiger partial charge in [-0.15, -0.1) is 0 Å². The lowest BCUT2D eigenvalue weighted by Gasteiger charge is -2.22. The molecule has 0 saturated heterocycles. The number of aromatic hydroxyl groups is 1. The van der Waals surface area contributed by atoms with Crippen molar-refractivity contribution in [1.29, 1.82) is 0 Å². The molecule has 0 saturated carbocycles. The number of carboxylic acid groups (broad SMARTS) is 1. The smallest absolute Gasteiger partial charge is 0.339 e. The molecule has 1 aromatic rings. The molecule has 0 bridgehead atoms. The fourth-order valence-corrected chi connectivity index (χ4v) is 1.51. The van der Waals surface area contributed by atoms with Gasteiger partial charge in [0.25, 0.3) is 0 Å². The molecule has 0 amide bonds. The minimum absolute atomic E-state index is 0.0812. The van der Waals surface area contributed by atoms with Gasteiger partial charge < -0.3 is 10.2 Å². The molecular formula is C13H16O3. The van der Waals surface area contributed by atoms with Crippen molar-refractivity contribution in [3.8, 4) is 5.75 Å². The van der Waals surface area contributed by atoms with E-state index < -0.39 is 5.97 Å². The van der Waals surface area contributed by atoms with Crippen LogP contribution in [-0.2, 0) is 5.41 Å². The van der Waals surface area contributed by atoms with Gasteiger partial charge in [-0.2, -0.15) is 0 Å². The lowest BCUT2D eigenvalue weighted by atomic mass is 9.84. The van der Waals surface area contributed by atoms with E-state index in [1.807, 2.05) is 20.8 Å². The first-order chi connectivity index (χ1) is 7.27. The summed E-state index contributed by atoms with van der Waals surface area (Å²) in [7, 11) is 0. The van der Waals surface area contributed by atoms with Crippen molar-refractivity contribution in [2.75, 3.05) is 0 Å². The van der Waals surface area contributed by atoms with Crippen LogP contribution in [-0.4, -0.2) is 16.2 Å². The van der Waals surface area contributed by atoms with Gasteiger partial charge in [-0.3, -0.25) is 0 Å². The highest BCUT2D eigenvalue weighted by atomic mass is 16.4. The molecule has 16 heavy (non-hydrogen) atoms. The van der Waals surface area contributed by atoms with E-state index in [2.05, 4.69) is 6.58 Å². The standard InChI is InChI=1S/C13H16O3/c1-5-8-6-9(12(15)16)11(14)10(7-8)13(2,3)4/h5-7,14H,1H2,2-4H3,(H,15,16). The minimum atomic E-state index is -1.13. The largest absolute Gasteiger partial charge is 0.507 e. The van der Waals surface area contributed by atoms with Gasteiger partial charge in [0.2, 0.25) is 0 Å². The zero-order valence-corrected chi connectivity index (χ0v) is 9.74. The van der Waals surface area contributed by atoms with E-state index in [9.17, 15) is 9.90 Å². The maximum Gasteiger partial charge on any atom is 0.339 e. The van der Waals surface area contributed by atoms with Crippen LogP contribution < -0.4 is 0 Å². The number of carboxylic acids is 1. The van der Waals surface area contributed by atoms with Crippen LogP contribution >= 0.6 is 0 Å². The van der Waals surface area contributed by atoms with Crippen molar-refractivity contribution < 1.29 is 15.0 Å². The summed E-state index contributed by atoms with van der Waals surface area (Å²) in [5.74, 6) is -1.29. The molecule has 0 spiro atoms. The van der Waals surface area contributed by atoms with Crippen LogP contribution in [0.25, 0.3) is 6.08 Å². The zero-order chi connectivity index (χ0) is 12.5. The molecule has 0 aromatic heterocycles. The molecule has 86 valence electrons. The fraction of sp³-hybridized carbons (Fsp3) is 0.308. The van der Waals surface area contributed by atoms with Crippen molar-refractivity contribution in [1.82, 2.24) is 0 Å². The van der Waals surface area contributed by atoms with Crippen LogP contribution in [0.3, 0.4) is 0 Å². The Morgan fingerprint density at radius 1 is 1.38 bits per heavy atom. The molecule has 0 fully saturated rings. The number of benzene rings is 1. The highest BCUT2D eigenvalue weighted by Gasteiger charge is 2.23. The Bertz CT molecular complexity index is 439. The molecule has 3 nitrogen and oxygen atoms in total. The third-order valence-corrected chi connectivity index (χ3v) is 2.41. The predicted octanol–water partition coefficient (Wildman–Crippen LogP) is 3.03. The molecule has 0 aliphatic carbocycles. The summed E-state index contributed by atoms with van der Waals surface area (Å²) in [6.07, 6.45) is 1.57. The summed E-state index contributed by atoms with van der Waals surface area (Å²) < 4.78 is 0. The first-order valence-electron chi connectivity index (χ1n) is 5.00. The molecular weight excluding hydrogens is 204 g/mol. The van der Waals surface area contributed by atoms with Crippen LogP contribution in [0.4, 0.5) is 0 Å². The third kappa shape index (κ3) is 2.24. The number of aromatic carboxylic acids is 1. The van der Waals surface area contributed by atoms with Gasteiger partial charge in [-0.1, -0.05) is 33.4 Å². The Hall–Kier alpha value is -1.77. The zero-order valence-electron chi connectivity index (χ0n) is 9.74. The van der Waals surface area contributed by atoms with Crippen LogP contribution in [0, 0.1) is 0 Å². The van der Waals surface area contributed by atoms with Gasteiger partial charge in [0.1, 0.15) is 11.3 Å². The van der Waals surface area contributed by atoms with Crippen LogP contribution in [0.5, 0.6) is 5.75 Å². The van der Waals surface area contributed by atoms with E-state index >= 15 is 0 Å². The molecule has 1 aromatic carbocycles. The second-order valence-corrected chi connectivity index (χ2v) is 4.72. The highest BCUT2D eigenvalue weighted by Crippen LogP contribution is 2.34. The summed E-state index contributed by atoms with van der Waals surface area (Å²) in [5, 5.41) is 18.9. The van der Waals surface area contributed by atoms with Crippen molar-refractivity contribution in [2.45, 2.75) is 26.2 Å². The van der Waals surface area contributed by atoms with E-state index in [-0.39, 0.29) is 16.7 Å². The topological polar surface area (TPSA) is 57.5 Å². The Morgan fingerprint density at radius 3 is 2.31 bits per heavy atom. The van der Waals surface area contributed by atoms with E-state index in [4.69, 9.17) is 5.11 Å². The van der Waals surface area contributed by atoms with Crippen LogP contribution in [0.1, 0.15) is 42.3 Å². The lowest BCUT2D eigenvalue weighted by molar-refractivity contribution is 0.0693. The maximum absolute atomic E-state index is 11.0. The van der Waals surface area contributed by atoms with Crippen molar-refractivity contribution in [3.05, 3.63) is 35.4 Å². The second kappa shape index (κ2) is 4.00. The van der Waals surface area contributed by atoms with E-state index in [0.717, 1.165) is 0 Å². The molecule has 0 atom stereocenters. The SMILES string of the molecule is C=Cc1cc(C(=O)O)c(O)c(C(C)(C)C)c1. The number of phenols is 1. The quantitative estimate of drug-likeness (QED) is 0.805. The average molecular weight is 220 g/mol. The Kier molecular flexibility index (Phi) is 3.08. The minimum Gasteiger partial charge on any atom is -0.507 e. The molecule has 1 rings (SSSR count). The van der Waals surface area contributed by atoms with E-state index in [0.29, 0.717) is 11.1 Å². The molecule has 0 aliphatic heterocycles. The normalized spacial score (nSPS) is 11.2. The van der Waals surface area contributed by atoms with Crippen LogP contribution in [0.15, 0.2) is 18.7 Å². The molecule has 0 unspecified atom stereocenters. The Labute approximate surface area is 95.0 Å². The van der Waals surface area contributed by atoms with Gasteiger partial charge in [0.15, 0.2) is 0 Å². The fourth-order valence-electron chi connectivity index (χ4n) is 1.51. The van der Waals surface area contributed by atoms with Crippen molar-refractivity contribution in [2.24, 2.45) is 0 Å². The monoisotopic (exact) mass is 220 g/mol. The number of rotatable bonds is 2. The lowest BCUT2D eigenvalue weighted by Crippen LogP contribution is -2.13. The number of carbonyl (C=O) groups is 1. The Morgan fingerprint density at radius 2 is 1.94 bits per heavy atom. The second-order valence-electron chi connectivity index (χ2n) is 4.72. The van der Waals surface area contributed by atoms with Crippen LogP contribution in [0.2, 0.25) is 0 Å². The predicted molar refractivity (Wildman–Crippen MR) is 63.9 cm³/mol. The average Bonchev–Trinajstić information content (AvgIpc) is 2.15. The summed E-state index contributed by atoms with van der Waals surface area (Å²) >= 11 is 0. The summed E-state index contributed by atoms with van der Waals surface area (Å²) in [4.78, 5) is 11.0. The van der Waals surface area contributed by atoms with E-state index in [1.165, 1.54) is 6.07 Å². The van der Waals surface area contributed by atoms with Gasteiger partial charge in [-0.25, -0.2) is 4.79 Å². The van der Waals surface area contributed by atoms with Gasteiger partial charge in [-0.05, 0) is 23.1 Å². The van der Waals surface area contributed by atoms with Crippen molar-refractivity contribution >= 4 is 12.0 Å². The number of hydrogen-bond donors (Lipinski definition) is 2. The summed E-state index contributed by atoms with van der Waals surface area (Å²) in [6, 6.07) is 3.18. The summed E-state index contributed by atoms with van der Waals surface area (Å²) in [5.41, 5.74) is 0.914. The molecule has 3 heteroatoms. The van der Waals surface area contributed by atoms with Gasteiger partial charge in [0, 0.05) is 5.56 Å².